The van der Waals surface area contributed by atoms with Crippen molar-refractivity contribution in [3.05, 3.63) is 0 Å². The minimum Gasteiger partial charge on any atom is -0.468 e. The second kappa shape index (κ2) is 9.46. The van der Waals surface area contributed by atoms with Crippen LogP contribution in [0.1, 0.15) is 65.7 Å². The Hall–Kier alpha value is -0.570. The van der Waals surface area contributed by atoms with E-state index in [9.17, 15) is 4.79 Å². The Balaban J connectivity index is 4.05. The van der Waals surface area contributed by atoms with Gasteiger partial charge in [-0.15, -0.1) is 0 Å². The molecule has 0 fully saturated rings. The summed E-state index contributed by atoms with van der Waals surface area (Å²) in [5.74, 6) is -0.138. The summed E-state index contributed by atoms with van der Waals surface area (Å²) in [4.78, 5) is 11.8. The first kappa shape index (κ1) is 16.4. The van der Waals surface area contributed by atoms with E-state index < -0.39 is 5.54 Å². The van der Waals surface area contributed by atoms with E-state index in [0.29, 0.717) is 0 Å². The van der Waals surface area contributed by atoms with Gasteiger partial charge in [0.25, 0.3) is 0 Å². The van der Waals surface area contributed by atoms with E-state index in [0.717, 1.165) is 25.8 Å². The summed E-state index contributed by atoms with van der Waals surface area (Å²) in [7, 11) is 1.46. The zero-order valence-electron chi connectivity index (χ0n) is 12.0. The molecule has 102 valence electrons. The van der Waals surface area contributed by atoms with E-state index >= 15 is 0 Å². The van der Waals surface area contributed by atoms with Crippen LogP contribution in [-0.4, -0.2) is 25.2 Å². The topological polar surface area (TPSA) is 38.3 Å². The Morgan fingerprint density at radius 3 is 2.29 bits per heavy atom. The number of rotatable bonds is 10. The van der Waals surface area contributed by atoms with Gasteiger partial charge in [0, 0.05) is 0 Å². The van der Waals surface area contributed by atoms with Crippen LogP contribution >= 0.6 is 0 Å². The first-order valence-electron chi connectivity index (χ1n) is 6.94. The molecular weight excluding hydrogens is 214 g/mol. The van der Waals surface area contributed by atoms with Gasteiger partial charge in [-0.05, 0) is 26.3 Å². The van der Waals surface area contributed by atoms with Gasteiger partial charge < -0.3 is 10.1 Å². The van der Waals surface area contributed by atoms with Gasteiger partial charge in [0.05, 0.1) is 7.11 Å². The van der Waals surface area contributed by atoms with Crippen LogP contribution in [0.25, 0.3) is 0 Å². The molecule has 0 rings (SSSR count). The van der Waals surface area contributed by atoms with Gasteiger partial charge >= 0.3 is 5.97 Å². The third-order valence-corrected chi connectivity index (χ3v) is 3.18. The summed E-state index contributed by atoms with van der Waals surface area (Å²) in [6.07, 6.45) is 7.99. The zero-order valence-corrected chi connectivity index (χ0v) is 12.0. The molecule has 0 spiro atoms. The van der Waals surface area contributed by atoms with Crippen LogP contribution in [0.4, 0.5) is 0 Å². The molecule has 1 unspecified atom stereocenters. The van der Waals surface area contributed by atoms with Crippen molar-refractivity contribution in [2.24, 2.45) is 0 Å². The molecule has 0 radical (unpaired) electrons. The highest BCUT2D eigenvalue weighted by molar-refractivity contribution is 5.80. The molecule has 0 aromatic heterocycles. The predicted octanol–water partition coefficient (Wildman–Crippen LogP) is 3.28. The predicted molar refractivity (Wildman–Crippen MR) is 72.1 cm³/mol. The molecule has 0 aromatic carbocycles. The molecule has 1 N–H and O–H groups in total. The van der Waals surface area contributed by atoms with E-state index in [1.807, 2.05) is 6.92 Å². The highest BCUT2D eigenvalue weighted by Crippen LogP contribution is 2.17. The van der Waals surface area contributed by atoms with Crippen LogP contribution in [0.3, 0.4) is 0 Å². The fourth-order valence-electron chi connectivity index (χ4n) is 1.97. The molecule has 0 amide bonds. The lowest BCUT2D eigenvalue weighted by molar-refractivity contribution is -0.148. The smallest absolute Gasteiger partial charge is 0.325 e. The van der Waals surface area contributed by atoms with Crippen LogP contribution in [0, 0.1) is 0 Å². The Morgan fingerprint density at radius 1 is 1.12 bits per heavy atom. The second-order valence-corrected chi connectivity index (χ2v) is 4.91. The molecule has 3 nitrogen and oxygen atoms in total. The summed E-state index contributed by atoms with van der Waals surface area (Å²) in [6, 6.07) is 0. The summed E-state index contributed by atoms with van der Waals surface area (Å²) in [5, 5.41) is 3.31. The molecule has 1 atom stereocenters. The molecule has 3 heteroatoms. The van der Waals surface area contributed by atoms with E-state index in [1.54, 1.807) is 0 Å². The van der Waals surface area contributed by atoms with Gasteiger partial charge in [-0.25, -0.2) is 0 Å². The Labute approximate surface area is 106 Å². The third kappa shape index (κ3) is 6.67. The van der Waals surface area contributed by atoms with Crippen molar-refractivity contribution in [1.82, 2.24) is 5.32 Å². The van der Waals surface area contributed by atoms with Crippen molar-refractivity contribution in [3.63, 3.8) is 0 Å². The minimum absolute atomic E-state index is 0.138. The van der Waals surface area contributed by atoms with Crippen LogP contribution < -0.4 is 5.32 Å². The average Bonchev–Trinajstić information content (AvgIpc) is 2.35. The fraction of sp³-hybridized carbons (Fsp3) is 0.929. The normalized spacial score (nSPS) is 14.4. The van der Waals surface area contributed by atoms with E-state index in [1.165, 1.54) is 32.8 Å². The van der Waals surface area contributed by atoms with Crippen molar-refractivity contribution in [1.29, 1.82) is 0 Å². The molecule has 0 aliphatic rings. The molecule has 0 saturated heterocycles. The number of hydrogen-bond acceptors (Lipinski definition) is 3. The minimum atomic E-state index is -0.503. The lowest BCUT2D eigenvalue weighted by atomic mass is 9.93. The largest absolute Gasteiger partial charge is 0.468 e. The summed E-state index contributed by atoms with van der Waals surface area (Å²) in [5.41, 5.74) is -0.503. The number of carbonyl (C=O) groups excluding carboxylic acids is 1. The number of hydrogen-bond donors (Lipinski definition) is 1. The van der Waals surface area contributed by atoms with E-state index in [4.69, 9.17) is 4.74 Å². The lowest BCUT2D eigenvalue weighted by Crippen LogP contribution is -2.50. The van der Waals surface area contributed by atoms with Crippen LogP contribution in [0.15, 0.2) is 0 Å². The van der Waals surface area contributed by atoms with E-state index in [-0.39, 0.29) is 5.97 Å². The molecule has 17 heavy (non-hydrogen) atoms. The quantitative estimate of drug-likeness (QED) is 0.473. The highest BCUT2D eigenvalue weighted by Gasteiger charge is 2.32. The third-order valence-electron chi connectivity index (χ3n) is 3.18. The fourth-order valence-corrected chi connectivity index (χ4v) is 1.97. The van der Waals surface area contributed by atoms with Crippen molar-refractivity contribution in [2.75, 3.05) is 13.7 Å². The molecule has 0 heterocycles. The Kier molecular flexibility index (Phi) is 9.14. The summed E-state index contributed by atoms with van der Waals surface area (Å²) in [6.45, 7) is 7.13. The maximum absolute atomic E-state index is 11.8. The van der Waals surface area contributed by atoms with Crippen LogP contribution in [-0.2, 0) is 9.53 Å². The molecule has 0 saturated carbocycles. The number of unbranched alkanes of at least 4 members (excludes halogenated alkanes) is 4. The van der Waals surface area contributed by atoms with Gasteiger partial charge in [0.1, 0.15) is 5.54 Å². The molecule has 0 aliphatic carbocycles. The van der Waals surface area contributed by atoms with Gasteiger partial charge in [-0.2, -0.15) is 0 Å². The highest BCUT2D eigenvalue weighted by atomic mass is 16.5. The molecular formula is C14H29NO2. The number of nitrogens with one attached hydrogen (secondary N) is 1. The number of esters is 1. The number of methoxy groups -OCH3 is 1. The monoisotopic (exact) mass is 243 g/mol. The zero-order chi connectivity index (χ0) is 13.1. The van der Waals surface area contributed by atoms with Crippen LogP contribution in [0.5, 0.6) is 0 Å². The summed E-state index contributed by atoms with van der Waals surface area (Å²) >= 11 is 0. The van der Waals surface area contributed by atoms with Crippen molar-refractivity contribution in [2.45, 2.75) is 71.3 Å². The molecule has 0 aliphatic heterocycles. The SMILES string of the molecule is CCCCCCCC(C)(NCCC)C(=O)OC. The van der Waals surface area contributed by atoms with E-state index in [2.05, 4.69) is 19.2 Å². The maximum Gasteiger partial charge on any atom is 0.325 e. The summed E-state index contributed by atoms with van der Waals surface area (Å²) < 4.78 is 4.89. The van der Waals surface area contributed by atoms with Gasteiger partial charge in [-0.1, -0.05) is 46.0 Å². The Morgan fingerprint density at radius 2 is 1.76 bits per heavy atom. The first-order valence-corrected chi connectivity index (χ1v) is 6.94. The molecule has 0 bridgehead atoms. The van der Waals surface area contributed by atoms with Gasteiger partial charge in [0.15, 0.2) is 0 Å². The number of carbonyl (C=O) groups is 1. The lowest BCUT2D eigenvalue weighted by Gasteiger charge is -2.28. The van der Waals surface area contributed by atoms with Crippen molar-refractivity contribution >= 4 is 5.97 Å². The van der Waals surface area contributed by atoms with Crippen molar-refractivity contribution < 1.29 is 9.53 Å². The van der Waals surface area contributed by atoms with Gasteiger partial charge in [0.2, 0.25) is 0 Å². The maximum atomic E-state index is 11.8. The number of ether oxygens (including phenoxy) is 1. The first-order chi connectivity index (χ1) is 8.10. The average molecular weight is 243 g/mol. The standard InChI is InChI=1S/C14H29NO2/c1-5-7-8-9-10-11-14(3,13(16)17-4)15-12-6-2/h15H,5-12H2,1-4H3. The molecule has 0 aromatic rings. The second-order valence-electron chi connectivity index (χ2n) is 4.91. The van der Waals surface area contributed by atoms with Crippen molar-refractivity contribution in [3.8, 4) is 0 Å². The Bertz CT molecular complexity index is 206. The van der Waals surface area contributed by atoms with Gasteiger partial charge in [-0.3, -0.25) is 4.79 Å². The van der Waals surface area contributed by atoms with Crippen LogP contribution in [0.2, 0.25) is 0 Å².